The molecule has 2 atom stereocenters. The third kappa shape index (κ3) is 3.59. The second kappa shape index (κ2) is 5.89. The summed E-state index contributed by atoms with van der Waals surface area (Å²) in [6, 6.07) is 9.16. The highest BCUT2D eigenvalue weighted by Crippen LogP contribution is 2.34. The average molecular weight is 306 g/mol. The lowest BCUT2D eigenvalue weighted by Gasteiger charge is -2.36. The molecular weight excluding hydrogens is 280 g/mol. The minimum absolute atomic E-state index is 0.257. The van der Waals surface area contributed by atoms with Gasteiger partial charge in [-0.25, -0.2) is 4.79 Å². The van der Waals surface area contributed by atoms with Crippen LogP contribution in [0.5, 0.6) is 0 Å². The van der Waals surface area contributed by atoms with Gasteiger partial charge in [-0.3, -0.25) is 4.90 Å². The topological polar surface area (TPSA) is 64.8 Å². The molecule has 1 aromatic carbocycles. The maximum atomic E-state index is 12.6. The Kier molecular flexibility index (Phi) is 4.49. The number of amides is 1. The first-order valence-electron chi connectivity index (χ1n) is 7.58. The van der Waals surface area contributed by atoms with Crippen LogP contribution in [0.3, 0.4) is 0 Å². The van der Waals surface area contributed by atoms with Crippen LogP contribution in [0, 0.1) is 0 Å². The first kappa shape index (κ1) is 16.8. The van der Waals surface area contributed by atoms with Gasteiger partial charge >= 0.3 is 6.09 Å². The fourth-order valence-corrected chi connectivity index (χ4v) is 2.66. The number of hydrogen-bond donors (Lipinski definition) is 1. The SMILES string of the molecule is CC(C)(C)OC(=O)N1[C@@H]([C@@H](N)c2ccccc2)COC1(C)C. The fourth-order valence-electron chi connectivity index (χ4n) is 2.66. The molecule has 1 aromatic rings. The average Bonchev–Trinajstić information content (AvgIpc) is 2.72. The van der Waals surface area contributed by atoms with E-state index in [9.17, 15) is 4.79 Å². The van der Waals surface area contributed by atoms with Gasteiger partial charge < -0.3 is 15.2 Å². The summed E-state index contributed by atoms with van der Waals surface area (Å²) in [6.45, 7) is 9.65. The molecule has 0 unspecified atom stereocenters. The zero-order valence-corrected chi connectivity index (χ0v) is 14.0. The van der Waals surface area contributed by atoms with Crippen molar-refractivity contribution in [2.45, 2.75) is 58.0 Å². The van der Waals surface area contributed by atoms with E-state index in [1.54, 1.807) is 4.90 Å². The van der Waals surface area contributed by atoms with Crippen LogP contribution in [0.2, 0.25) is 0 Å². The molecule has 0 saturated carbocycles. The van der Waals surface area contributed by atoms with E-state index in [1.807, 2.05) is 65.0 Å². The summed E-state index contributed by atoms with van der Waals surface area (Å²) < 4.78 is 11.3. The summed E-state index contributed by atoms with van der Waals surface area (Å²) >= 11 is 0. The Bertz CT molecular complexity index is 522. The lowest BCUT2D eigenvalue weighted by molar-refractivity contribution is -0.0632. The van der Waals surface area contributed by atoms with Crippen molar-refractivity contribution in [3.63, 3.8) is 0 Å². The lowest BCUT2D eigenvalue weighted by atomic mass is 9.99. The molecule has 22 heavy (non-hydrogen) atoms. The van der Waals surface area contributed by atoms with Gasteiger partial charge in [0.1, 0.15) is 11.3 Å². The molecule has 1 aliphatic rings. The van der Waals surface area contributed by atoms with Crippen molar-refractivity contribution in [3.05, 3.63) is 35.9 Å². The van der Waals surface area contributed by atoms with Gasteiger partial charge in [0.2, 0.25) is 0 Å². The van der Waals surface area contributed by atoms with Gasteiger partial charge in [-0.05, 0) is 40.2 Å². The predicted octanol–water partition coefficient (Wildman–Crippen LogP) is 3.06. The summed E-state index contributed by atoms with van der Waals surface area (Å²) in [5.74, 6) is 0. The van der Waals surface area contributed by atoms with E-state index in [0.29, 0.717) is 6.61 Å². The normalized spacial score (nSPS) is 22.5. The molecule has 0 radical (unpaired) electrons. The number of rotatable bonds is 2. The van der Waals surface area contributed by atoms with Gasteiger partial charge in [0.15, 0.2) is 0 Å². The molecule has 1 saturated heterocycles. The van der Waals surface area contributed by atoms with E-state index >= 15 is 0 Å². The van der Waals surface area contributed by atoms with Crippen molar-refractivity contribution in [1.82, 2.24) is 4.90 Å². The molecule has 1 fully saturated rings. The number of nitrogens with two attached hydrogens (primary N) is 1. The van der Waals surface area contributed by atoms with Crippen LogP contribution < -0.4 is 5.73 Å². The van der Waals surface area contributed by atoms with E-state index in [-0.39, 0.29) is 12.1 Å². The van der Waals surface area contributed by atoms with E-state index in [0.717, 1.165) is 5.56 Å². The highest BCUT2D eigenvalue weighted by atomic mass is 16.6. The first-order chi connectivity index (χ1) is 10.1. The van der Waals surface area contributed by atoms with Gasteiger partial charge in [-0.1, -0.05) is 30.3 Å². The second-order valence-electron chi connectivity index (χ2n) is 7.11. The van der Waals surface area contributed by atoms with Crippen LogP contribution in [0.15, 0.2) is 30.3 Å². The van der Waals surface area contributed by atoms with E-state index < -0.39 is 17.4 Å². The number of nitrogens with zero attached hydrogens (tertiary/aromatic N) is 1. The lowest BCUT2D eigenvalue weighted by Crippen LogP contribution is -2.52. The molecule has 5 nitrogen and oxygen atoms in total. The van der Waals surface area contributed by atoms with Crippen molar-refractivity contribution in [2.75, 3.05) is 6.61 Å². The van der Waals surface area contributed by atoms with Gasteiger partial charge in [0, 0.05) is 0 Å². The van der Waals surface area contributed by atoms with Crippen LogP contribution >= 0.6 is 0 Å². The van der Waals surface area contributed by atoms with Crippen LogP contribution in [0.1, 0.15) is 46.2 Å². The smallest absolute Gasteiger partial charge is 0.412 e. The quantitative estimate of drug-likeness (QED) is 0.912. The number of benzene rings is 1. The highest BCUT2D eigenvalue weighted by Gasteiger charge is 2.48. The Morgan fingerprint density at radius 3 is 2.50 bits per heavy atom. The summed E-state index contributed by atoms with van der Waals surface area (Å²) in [7, 11) is 0. The number of carbonyl (C=O) groups excluding carboxylic acids is 1. The summed E-state index contributed by atoms with van der Waals surface area (Å²) in [5.41, 5.74) is 6.06. The monoisotopic (exact) mass is 306 g/mol. The van der Waals surface area contributed by atoms with Gasteiger partial charge in [0.05, 0.1) is 18.7 Å². The zero-order valence-electron chi connectivity index (χ0n) is 14.0. The molecule has 0 aliphatic carbocycles. The Hall–Kier alpha value is -1.59. The fraction of sp³-hybridized carbons (Fsp3) is 0.588. The largest absolute Gasteiger partial charge is 0.444 e. The maximum absolute atomic E-state index is 12.6. The number of hydrogen-bond acceptors (Lipinski definition) is 4. The minimum atomic E-state index is -0.737. The van der Waals surface area contributed by atoms with E-state index in [1.165, 1.54) is 0 Å². The summed E-state index contributed by atoms with van der Waals surface area (Å²) in [5, 5.41) is 0. The molecular formula is C17H26N2O3. The molecule has 2 rings (SSSR count). The van der Waals surface area contributed by atoms with Gasteiger partial charge in [-0.15, -0.1) is 0 Å². The number of ether oxygens (including phenoxy) is 2. The molecule has 0 aromatic heterocycles. The van der Waals surface area contributed by atoms with Crippen LogP contribution in [0.25, 0.3) is 0 Å². The maximum Gasteiger partial charge on any atom is 0.412 e. The molecule has 1 heterocycles. The zero-order chi connectivity index (χ0) is 16.5. The summed E-state index contributed by atoms with van der Waals surface area (Å²) in [4.78, 5) is 14.2. The summed E-state index contributed by atoms with van der Waals surface area (Å²) in [6.07, 6.45) is -0.397. The Labute approximate surface area is 132 Å². The van der Waals surface area contributed by atoms with Crippen LogP contribution in [-0.2, 0) is 9.47 Å². The predicted molar refractivity (Wildman–Crippen MR) is 85.3 cm³/mol. The molecule has 122 valence electrons. The second-order valence-corrected chi connectivity index (χ2v) is 7.11. The molecule has 1 aliphatic heterocycles. The van der Waals surface area contributed by atoms with Crippen molar-refractivity contribution in [3.8, 4) is 0 Å². The van der Waals surface area contributed by atoms with E-state index in [4.69, 9.17) is 15.2 Å². The molecule has 5 heteroatoms. The molecule has 2 N–H and O–H groups in total. The van der Waals surface area contributed by atoms with Crippen LogP contribution in [-0.4, -0.2) is 35.0 Å². The molecule has 0 bridgehead atoms. The standard InChI is InChI=1S/C17H26N2O3/c1-16(2,3)22-15(20)19-13(11-21-17(19,4)5)14(18)12-9-7-6-8-10-12/h6-10,13-14H,11,18H2,1-5H3/t13-,14+/m1/s1. The number of carbonyl (C=O) groups is 1. The van der Waals surface area contributed by atoms with Crippen molar-refractivity contribution in [2.24, 2.45) is 5.73 Å². The Morgan fingerprint density at radius 2 is 1.95 bits per heavy atom. The van der Waals surface area contributed by atoms with Gasteiger partial charge in [-0.2, -0.15) is 0 Å². The minimum Gasteiger partial charge on any atom is -0.444 e. The Morgan fingerprint density at radius 1 is 1.36 bits per heavy atom. The Balaban J connectivity index is 2.25. The first-order valence-corrected chi connectivity index (χ1v) is 7.58. The third-order valence-electron chi connectivity index (χ3n) is 3.71. The molecule has 1 amide bonds. The van der Waals surface area contributed by atoms with Crippen LogP contribution in [0.4, 0.5) is 4.79 Å². The molecule has 0 spiro atoms. The highest BCUT2D eigenvalue weighted by molar-refractivity contribution is 5.70. The van der Waals surface area contributed by atoms with Crippen molar-refractivity contribution in [1.29, 1.82) is 0 Å². The third-order valence-corrected chi connectivity index (χ3v) is 3.71. The van der Waals surface area contributed by atoms with Gasteiger partial charge in [0.25, 0.3) is 0 Å². The van der Waals surface area contributed by atoms with E-state index in [2.05, 4.69) is 0 Å². The van der Waals surface area contributed by atoms with Crippen molar-refractivity contribution >= 4 is 6.09 Å². The van der Waals surface area contributed by atoms with Crippen molar-refractivity contribution < 1.29 is 14.3 Å².